The number of hydrogen-bond donors (Lipinski definition) is 0. The highest BCUT2D eigenvalue weighted by Gasteiger charge is 2.66. The molecule has 2 bridgehead atoms. The summed E-state index contributed by atoms with van der Waals surface area (Å²) >= 11 is 4.01. The van der Waals surface area contributed by atoms with Crippen molar-refractivity contribution in [1.82, 2.24) is 0 Å². The molecule has 3 saturated carbocycles. The second-order valence-corrected chi connectivity index (χ2v) is 7.68. The van der Waals surface area contributed by atoms with Crippen molar-refractivity contribution < 1.29 is 4.74 Å². The molecule has 0 N–H and O–H groups in total. The second-order valence-electron chi connectivity index (χ2n) is 6.69. The van der Waals surface area contributed by atoms with Crippen LogP contribution < -0.4 is 4.74 Å². The monoisotopic (exact) mass is 320 g/mol. The summed E-state index contributed by atoms with van der Waals surface area (Å²) in [6.45, 7) is 2.21. The van der Waals surface area contributed by atoms with Crippen LogP contribution in [0.5, 0.6) is 5.75 Å². The Kier molecular flexibility index (Phi) is 2.74. The van der Waals surface area contributed by atoms with Crippen LogP contribution in [0.15, 0.2) is 18.2 Å². The first-order valence-electron chi connectivity index (χ1n) is 7.49. The van der Waals surface area contributed by atoms with Gasteiger partial charge in [0.1, 0.15) is 5.75 Å². The quantitative estimate of drug-likeness (QED) is 0.731. The summed E-state index contributed by atoms with van der Waals surface area (Å²) < 4.78 is 5.31. The molecule has 1 aromatic carbocycles. The van der Waals surface area contributed by atoms with Crippen LogP contribution in [-0.2, 0) is 0 Å². The van der Waals surface area contributed by atoms with Gasteiger partial charge in [0, 0.05) is 4.83 Å². The average Bonchev–Trinajstić information content (AvgIpc) is 2.86. The minimum Gasteiger partial charge on any atom is -0.497 e. The van der Waals surface area contributed by atoms with Crippen molar-refractivity contribution >= 4 is 15.9 Å². The van der Waals surface area contributed by atoms with E-state index in [-0.39, 0.29) is 0 Å². The summed E-state index contributed by atoms with van der Waals surface area (Å²) in [5, 5.41) is 0. The van der Waals surface area contributed by atoms with Gasteiger partial charge >= 0.3 is 0 Å². The highest BCUT2D eigenvalue weighted by atomic mass is 79.9. The number of halogens is 1. The van der Waals surface area contributed by atoms with E-state index in [0.717, 1.165) is 35.3 Å². The minimum absolute atomic E-state index is 0.553. The molecule has 5 unspecified atom stereocenters. The fourth-order valence-electron chi connectivity index (χ4n) is 5.08. The van der Waals surface area contributed by atoms with Crippen LogP contribution >= 0.6 is 15.9 Å². The molecule has 0 spiro atoms. The molecule has 3 aliphatic rings. The fourth-order valence-corrected chi connectivity index (χ4v) is 6.29. The lowest BCUT2D eigenvalue weighted by atomic mass is 9.95. The van der Waals surface area contributed by atoms with E-state index < -0.39 is 0 Å². The number of methoxy groups -OCH3 is 1. The lowest BCUT2D eigenvalue weighted by molar-refractivity contribution is 0.414. The second kappa shape index (κ2) is 4.25. The number of rotatable bonds is 3. The van der Waals surface area contributed by atoms with Gasteiger partial charge in [-0.05, 0) is 79.0 Å². The van der Waals surface area contributed by atoms with Gasteiger partial charge in [0.25, 0.3) is 0 Å². The molecule has 5 atom stereocenters. The average molecular weight is 321 g/mol. The maximum atomic E-state index is 5.31. The van der Waals surface area contributed by atoms with Gasteiger partial charge in [0.2, 0.25) is 0 Å². The van der Waals surface area contributed by atoms with E-state index in [1.165, 1.54) is 30.4 Å². The van der Waals surface area contributed by atoms with E-state index in [4.69, 9.17) is 4.74 Å². The molecule has 0 heterocycles. The van der Waals surface area contributed by atoms with Crippen molar-refractivity contribution in [1.29, 1.82) is 0 Å². The number of aryl methyl sites for hydroxylation is 1. The maximum absolute atomic E-state index is 5.31. The Labute approximate surface area is 123 Å². The fraction of sp³-hybridized carbons (Fsp3) is 0.647. The Bertz CT molecular complexity index is 496. The Morgan fingerprint density at radius 3 is 2.47 bits per heavy atom. The molecule has 4 rings (SSSR count). The standard InChI is InChI=1S/C17H21BrO/c1-9-7-12(19-2)5-6-13(9)17(18)16-14-10-3-4-11(8-10)15(14)16/h5-7,10-11,14-17H,3-4,8H2,1-2H3. The lowest BCUT2D eigenvalue weighted by Gasteiger charge is -2.17. The van der Waals surface area contributed by atoms with Crippen LogP contribution in [0, 0.1) is 36.5 Å². The van der Waals surface area contributed by atoms with E-state index >= 15 is 0 Å². The van der Waals surface area contributed by atoms with Crippen LogP contribution in [0.25, 0.3) is 0 Å². The first kappa shape index (κ1) is 12.3. The molecular formula is C17H21BrO. The SMILES string of the molecule is COc1ccc(C(Br)C2C3C4CCC(C4)C32)c(C)c1. The number of alkyl halides is 1. The summed E-state index contributed by atoms with van der Waals surface area (Å²) in [7, 11) is 1.74. The third-order valence-corrected chi connectivity index (χ3v) is 7.01. The zero-order chi connectivity index (χ0) is 13.1. The Morgan fingerprint density at radius 1 is 1.21 bits per heavy atom. The van der Waals surface area contributed by atoms with Crippen LogP contribution in [0.1, 0.15) is 35.2 Å². The third-order valence-electron chi connectivity index (χ3n) is 5.91. The summed E-state index contributed by atoms with van der Waals surface area (Å²) in [6.07, 6.45) is 4.54. The topological polar surface area (TPSA) is 9.23 Å². The zero-order valence-electron chi connectivity index (χ0n) is 11.6. The van der Waals surface area contributed by atoms with Gasteiger partial charge in [-0.1, -0.05) is 22.0 Å². The summed E-state index contributed by atoms with van der Waals surface area (Å²) in [4.78, 5) is 0.553. The van der Waals surface area contributed by atoms with Gasteiger partial charge in [-0.15, -0.1) is 0 Å². The molecule has 0 aromatic heterocycles. The molecule has 3 fully saturated rings. The van der Waals surface area contributed by atoms with Crippen molar-refractivity contribution in [3.63, 3.8) is 0 Å². The first-order valence-corrected chi connectivity index (χ1v) is 8.41. The molecule has 3 aliphatic carbocycles. The van der Waals surface area contributed by atoms with Crippen molar-refractivity contribution in [2.45, 2.75) is 31.0 Å². The molecule has 1 aromatic rings. The van der Waals surface area contributed by atoms with Crippen LogP contribution in [0.3, 0.4) is 0 Å². The normalized spacial score (nSPS) is 40.1. The van der Waals surface area contributed by atoms with Crippen molar-refractivity contribution in [2.75, 3.05) is 7.11 Å². The lowest BCUT2D eigenvalue weighted by Crippen LogP contribution is -2.05. The van der Waals surface area contributed by atoms with E-state index in [9.17, 15) is 0 Å². The van der Waals surface area contributed by atoms with Gasteiger partial charge in [-0.25, -0.2) is 0 Å². The Balaban J connectivity index is 1.57. The van der Waals surface area contributed by atoms with Crippen LogP contribution in [0.4, 0.5) is 0 Å². The number of hydrogen-bond acceptors (Lipinski definition) is 1. The van der Waals surface area contributed by atoms with Crippen LogP contribution in [-0.4, -0.2) is 7.11 Å². The predicted octanol–water partition coefficient (Wildman–Crippen LogP) is 4.73. The maximum Gasteiger partial charge on any atom is 0.119 e. The van der Waals surface area contributed by atoms with Crippen molar-refractivity contribution in [3.8, 4) is 5.75 Å². The third kappa shape index (κ3) is 1.72. The largest absolute Gasteiger partial charge is 0.497 e. The van der Waals surface area contributed by atoms with Crippen LogP contribution in [0.2, 0.25) is 0 Å². The van der Waals surface area contributed by atoms with Gasteiger partial charge in [-0.3, -0.25) is 0 Å². The molecule has 0 radical (unpaired) electrons. The first-order chi connectivity index (χ1) is 9.20. The number of benzene rings is 1. The van der Waals surface area contributed by atoms with Gasteiger partial charge in [0.15, 0.2) is 0 Å². The van der Waals surface area contributed by atoms with E-state index in [1.54, 1.807) is 7.11 Å². The van der Waals surface area contributed by atoms with Crippen molar-refractivity contribution in [3.05, 3.63) is 29.3 Å². The highest BCUT2D eigenvalue weighted by Crippen LogP contribution is 2.73. The van der Waals surface area contributed by atoms with Crippen molar-refractivity contribution in [2.24, 2.45) is 29.6 Å². The molecule has 0 aliphatic heterocycles. The van der Waals surface area contributed by atoms with Gasteiger partial charge in [-0.2, -0.15) is 0 Å². The minimum atomic E-state index is 0.553. The zero-order valence-corrected chi connectivity index (χ0v) is 13.2. The number of fused-ring (bicyclic) bond motifs is 5. The summed E-state index contributed by atoms with van der Waals surface area (Å²) in [5.74, 6) is 6.04. The molecular weight excluding hydrogens is 300 g/mol. The number of ether oxygens (including phenoxy) is 1. The summed E-state index contributed by atoms with van der Waals surface area (Å²) in [6, 6.07) is 6.52. The van der Waals surface area contributed by atoms with Gasteiger partial charge < -0.3 is 4.74 Å². The smallest absolute Gasteiger partial charge is 0.119 e. The summed E-state index contributed by atoms with van der Waals surface area (Å²) in [5.41, 5.74) is 2.83. The Hall–Kier alpha value is -0.500. The molecule has 1 nitrogen and oxygen atoms in total. The van der Waals surface area contributed by atoms with E-state index in [0.29, 0.717) is 4.83 Å². The Morgan fingerprint density at radius 2 is 1.89 bits per heavy atom. The predicted molar refractivity (Wildman–Crippen MR) is 80.7 cm³/mol. The molecule has 0 saturated heterocycles. The van der Waals surface area contributed by atoms with E-state index in [1.807, 2.05) is 0 Å². The van der Waals surface area contributed by atoms with E-state index in [2.05, 4.69) is 41.1 Å². The molecule has 19 heavy (non-hydrogen) atoms. The highest BCUT2D eigenvalue weighted by molar-refractivity contribution is 9.09. The molecule has 0 amide bonds. The molecule has 102 valence electrons. The van der Waals surface area contributed by atoms with Gasteiger partial charge in [0.05, 0.1) is 7.11 Å². The molecule has 2 heteroatoms.